The molecular weight excluding hydrogens is 391 g/mol. The third-order valence-corrected chi connectivity index (χ3v) is 7.16. The van der Waals surface area contributed by atoms with E-state index in [0.29, 0.717) is 5.13 Å². The van der Waals surface area contributed by atoms with Crippen molar-refractivity contribution in [3.8, 4) is 0 Å². The van der Waals surface area contributed by atoms with Crippen LogP contribution in [0, 0.1) is 5.13 Å². The van der Waals surface area contributed by atoms with Crippen LogP contribution in [0.4, 0.5) is 15.2 Å². The Kier molecular flexibility index (Phi) is 4.66. The molecule has 1 aliphatic rings. The predicted molar refractivity (Wildman–Crippen MR) is 118 cm³/mol. The standard InChI is InChI=1S/C21H21FN4S2/c22-20-13-15-17(2-1-3-18(15)27-20)26-10-8-25(9-11-26)7-6-14-4-5-19-16(12-14)24-21(23)28-19/h1-5,12-13H,6-11H2,(H2,23,24). The molecule has 2 N–H and O–H groups in total. The highest BCUT2D eigenvalue weighted by Gasteiger charge is 2.19. The molecule has 0 amide bonds. The molecule has 3 heterocycles. The van der Waals surface area contributed by atoms with Gasteiger partial charge < -0.3 is 10.6 Å². The first-order valence-electron chi connectivity index (χ1n) is 9.46. The van der Waals surface area contributed by atoms with Crippen LogP contribution in [0.1, 0.15) is 5.56 Å². The molecule has 0 unspecified atom stereocenters. The lowest BCUT2D eigenvalue weighted by atomic mass is 10.1. The number of thiazole rings is 1. The van der Waals surface area contributed by atoms with Crippen LogP contribution in [0.5, 0.6) is 0 Å². The molecular formula is C21H21FN4S2. The number of benzene rings is 2. The maximum Gasteiger partial charge on any atom is 0.181 e. The highest BCUT2D eigenvalue weighted by molar-refractivity contribution is 7.22. The van der Waals surface area contributed by atoms with Gasteiger partial charge in [0.05, 0.1) is 10.2 Å². The van der Waals surface area contributed by atoms with E-state index in [1.165, 1.54) is 28.2 Å². The average molecular weight is 413 g/mol. The summed E-state index contributed by atoms with van der Waals surface area (Å²) >= 11 is 2.76. The number of anilines is 2. The van der Waals surface area contributed by atoms with Crippen molar-refractivity contribution in [1.29, 1.82) is 0 Å². The van der Waals surface area contributed by atoms with Gasteiger partial charge in [-0.05, 0) is 42.3 Å². The van der Waals surface area contributed by atoms with Crippen molar-refractivity contribution < 1.29 is 4.39 Å². The smallest absolute Gasteiger partial charge is 0.181 e. The molecule has 0 atom stereocenters. The molecule has 0 spiro atoms. The second-order valence-corrected chi connectivity index (χ2v) is 9.27. The van der Waals surface area contributed by atoms with E-state index >= 15 is 0 Å². The van der Waals surface area contributed by atoms with E-state index in [2.05, 4.69) is 39.0 Å². The Morgan fingerprint density at radius 3 is 2.71 bits per heavy atom. The number of rotatable bonds is 4. The van der Waals surface area contributed by atoms with Gasteiger partial charge in [-0.1, -0.05) is 23.5 Å². The van der Waals surface area contributed by atoms with E-state index in [0.717, 1.165) is 65.1 Å². The number of piperazine rings is 1. The molecule has 144 valence electrons. The van der Waals surface area contributed by atoms with E-state index in [9.17, 15) is 4.39 Å². The minimum absolute atomic E-state index is 0.111. The largest absolute Gasteiger partial charge is 0.375 e. The zero-order chi connectivity index (χ0) is 19.1. The maximum atomic E-state index is 13.7. The summed E-state index contributed by atoms with van der Waals surface area (Å²) in [5, 5.41) is 1.55. The molecule has 2 aromatic heterocycles. The molecule has 28 heavy (non-hydrogen) atoms. The van der Waals surface area contributed by atoms with Gasteiger partial charge in [0, 0.05) is 48.5 Å². The molecule has 1 aliphatic heterocycles. The van der Waals surface area contributed by atoms with E-state index < -0.39 is 0 Å². The Hall–Kier alpha value is -2.22. The maximum absolute atomic E-state index is 13.7. The number of hydrogen-bond acceptors (Lipinski definition) is 6. The molecule has 1 fully saturated rings. The first-order valence-corrected chi connectivity index (χ1v) is 11.1. The van der Waals surface area contributed by atoms with Crippen molar-refractivity contribution in [3.63, 3.8) is 0 Å². The van der Waals surface area contributed by atoms with Crippen LogP contribution >= 0.6 is 22.7 Å². The van der Waals surface area contributed by atoms with Gasteiger partial charge in [0.1, 0.15) is 0 Å². The first-order chi connectivity index (χ1) is 13.7. The van der Waals surface area contributed by atoms with Crippen molar-refractivity contribution in [2.75, 3.05) is 43.4 Å². The molecule has 0 aliphatic carbocycles. The van der Waals surface area contributed by atoms with Gasteiger partial charge in [-0.15, -0.1) is 11.3 Å². The Labute approximate surface area is 171 Å². The molecule has 7 heteroatoms. The highest BCUT2D eigenvalue weighted by atomic mass is 32.1. The summed E-state index contributed by atoms with van der Waals surface area (Å²) in [6, 6.07) is 14.3. The Morgan fingerprint density at radius 1 is 1.00 bits per heavy atom. The number of nitrogen functional groups attached to an aromatic ring is 1. The predicted octanol–water partition coefficient (Wildman–Crippen LogP) is 4.60. The third kappa shape index (κ3) is 3.45. The fourth-order valence-corrected chi connectivity index (χ4v) is 5.46. The van der Waals surface area contributed by atoms with E-state index in [4.69, 9.17) is 5.73 Å². The lowest BCUT2D eigenvalue weighted by molar-refractivity contribution is 0.261. The van der Waals surface area contributed by atoms with Crippen molar-refractivity contribution in [3.05, 3.63) is 53.2 Å². The summed E-state index contributed by atoms with van der Waals surface area (Å²) in [5.74, 6) is 0. The summed E-state index contributed by atoms with van der Waals surface area (Å²) < 4.78 is 15.8. The lowest BCUT2D eigenvalue weighted by Gasteiger charge is -2.36. The highest BCUT2D eigenvalue weighted by Crippen LogP contribution is 2.33. The molecule has 2 aromatic carbocycles. The second kappa shape index (κ2) is 7.31. The third-order valence-electron chi connectivity index (χ3n) is 5.41. The van der Waals surface area contributed by atoms with Crippen LogP contribution in [0.2, 0.25) is 0 Å². The molecule has 0 bridgehead atoms. The quantitative estimate of drug-likeness (QED) is 0.532. The summed E-state index contributed by atoms with van der Waals surface area (Å²) in [7, 11) is 0. The summed E-state index contributed by atoms with van der Waals surface area (Å²) in [6.07, 6.45) is 1.01. The van der Waals surface area contributed by atoms with Gasteiger partial charge in [0.15, 0.2) is 10.3 Å². The van der Waals surface area contributed by atoms with Crippen molar-refractivity contribution in [2.24, 2.45) is 0 Å². The number of aromatic nitrogens is 1. The van der Waals surface area contributed by atoms with E-state index in [1.54, 1.807) is 6.07 Å². The number of nitrogens with two attached hydrogens (primary N) is 1. The SMILES string of the molecule is Nc1nc2cc(CCN3CCN(c4cccc5sc(F)cc45)CC3)ccc2s1. The molecule has 4 aromatic rings. The van der Waals surface area contributed by atoms with E-state index in [1.807, 2.05) is 12.1 Å². The number of thiophene rings is 1. The normalized spacial score (nSPS) is 15.7. The minimum Gasteiger partial charge on any atom is -0.375 e. The summed E-state index contributed by atoms with van der Waals surface area (Å²) in [4.78, 5) is 9.28. The first kappa shape index (κ1) is 17.8. The minimum atomic E-state index is -0.111. The molecule has 4 nitrogen and oxygen atoms in total. The van der Waals surface area contributed by atoms with Crippen molar-refractivity contribution in [2.45, 2.75) is 6.42 Å². The lowest BCUT2D eigenvalue weighted by Crippen LogP contribution is -2.47. The fraction of sp³-hybridized carbons (Fsp3) is 0.286. The van der Waals surface area contributed by atoms with Gasteiger partial charge in [-0.25, -0.2) is 4.98 Å². The van der Waals surface area contributed by atoms with Crippen molar-refractivity contribution in [1.82, 2.24) is 9.88 Å². The van der Waals surface area contributed by atoms with Crippen LogP contribution in [-0.4, -0.2) is 42.6 Å². The topological polar surface area (TPSA) is 45.4 Å². The second-order valence-electron chi connectivity index (χ2n) is 7.17. The summed E-state index contributed by atoms with van der Waals surface area (Å²) in [5.41, 5.74) is 9.26. The molecule has 0 saturated carbocycles. The fourth-order valence-electron chi connectivity index (χ4n) is 3.94. The van der Waals surface area contributed by atoms with Crippen LogP contribution in [-0.2, 0) is 6.42 Å². The Bertz CT molecular complexity index is 1130. The van der Waals surface area contributed by atoms with Crippen molar-refractivity contribution >= 4 is 53.8 Å². The number of fused-ring (bicyclic) bond motifs is 2. The van der Waals surface area contributed by atoms with Gasteiger partial charge in [-0.3, -0.25) is 4.90 Å². The number of hydrogen-bond donors (Lipinski definition) is 1. The molecule has 0 radical (unpaired) electrons. The number of nitrogens with zero attached hydrogens (tertiary/aromatic N) is 3. The van der Waals surface area contributed by atoms with Gasteiger partial charge >= 0.3 is 0 Å². The van der Waals surface area contributed by atoms with Gasteiger partial charge in [0.25, 0.3) is 0 Å². The van der Waals surface area contributed by atoms with E-state index in [-0.39, 0.29) is 5.13 Å². The zero-order valence-electron chi connectivity index (χ0n) is 15.4. The van der Waals surface area contributed by atoms with Gasteiger partial charge in [-0.2, -0.15) is 4.39 Å². The molecule has 1 saturated heterocycles. The van der Waals surface area contributed by atoms with Gasteiger partial charge in [0.2, 0.25) is 0 Å². The number of halogens is 1. The van der Waals surface area contributed by atoms with Crippen LogP contribution in [0.3, 0.4) is 0 Å². The average Bonchev–Trinajstić information content (AvgIpc) is 3.26. The molecule has 5 rings (SSSR count). The zero-order valence-corrected chi connectivity index (χ0v) is 17.0. The van der Waals surface area contributed by atoms with Crippen LogP contribution in [0.15, 0.2) is 42.5 Å². The van der Waals surface area contributed by atoms with Crippen LogP contribution < -0.4 is 10.6 Å². The van der Waals surface area contributed by atoms with Crippen LogP contribution in [0.25, 0.3) is 20.3 Å². The monoisotopic (exact) mass is 412 g/mol. The Balaban J connectivity index is 1.22. The Morgan fingerprint density at radius 2 is 1.86 bits per heavy atom. The summed E-state index contributed by atoms with van der Waals surface area (Å²) in [6.45, 7) is 5.02.